The van der Waals surface area contributed by atoms with Gasteiger partial charge in [-0.2, -0.15) is 0 Å². The lowest BCUT2D eigenvalue weighted by Gasteiger charge is -2.11. The largest absolute Gasteiger partial charge is 0.493 e. The Morgan fingerprint density at radius 2 is 1.89 bits per heavy atom. The molecule has 2 N–H and O–H groups in total. The number of fused-ring (bicyclic) bond motifs is 1. The summed E-state index contributed by atoms with van der Waals surface area (Å²) in [6, 6.07) is 10.6. The quantitative estimate of drug-likeness (QED) is 0.639. The third-order valence-electron chi connectivity index (χ3n) is 4.20. The van der Waals surface area contributed by atoms with Crippen LogP contribution in [0.3, 0.4) is 0 Å². The van der Waals surface area contributed by atoms with E-state index in [-0.39, 0.29) is 12.3 Å². The number of nitrogens with one attached hydrogen (secondary N) is 2. The average Bonchev–Trinajstić information content (AvgIpc) is 3.08. The number of furan rings is 1. The summed E-state index contributed by atoms with van der Waals surface area (Å²) in [7, 11) is 1.50. The number of benzene rings is 2. The summed E-state index contributed by atoms with van der Waals surface area (Å²) in [6.45, 7) is 4.32. The summed E-state index contributed by atoms with van der Waals surface area (Å²) in [4.78, 5) is 24.5. The van der Waals surface area contributed by atoms with Gasteiger partial charge in [-0.15, -0.1) is 0 Å². The lowest BCUT2D eigenvalue weighted by Crippen LogP contribution is -2.42. The van der Waals surface area contributed by atoms with Crippen molar-refractivity contribution in [3.63, 3.8) is 0 Å². The Kier molecular flexibility index (Phi) is 5.84. The minimum absolute atomic E-state index is 0.0862. The molecule has 1 aromatic heterocycles. The molecular formula is C21H22N2O5. The molecule has 0 atom stereocenters. The average molecular weight is 382 g/mol. The molecule has 0 aliphatic carbocycles. The Bertz CT molecular complexity index is 1010. The fraction of sp³-hybridized carbons (Fsp3) is 0.238. The van der Waals surface area contributed by atoms with Gasteiger partial charge in [0, 0.05) is 16.5 Å². The Labute approximate surface area is 162 Å². The van der Waals surface area contributed by atoms with Crippen molar-refractivity contribution in [3.05, 3.63) is 59.4 Å². The highest BCUT2D eigenvalue weighted by Crippen LogP contribution is 2.28. The maximum absolute atomic E-state index is 12.3. The van der Waals surface area contributed by atoms with Gasteiger partial charge in [0.2, 0.25) is 5.91 Å². The molecule has 1 heterocycles. The number of carbonyl (C=O) groups is 2. The zero-order chi connectivity index (χ0) is 20.1. The van der Waals surface area contributed by atoms with Gasteiger partial charge >= 0.3 is 0 Å². The summed E-state index contributed by atoms with van der Waals surface area (Å²) in [6.07, 6.45) is 1.64. The van der Waals surface area contributed by atoms with Gasteiger partial charge in [-0.1, -0.05) is 12.1 Å². The van der Waals surface area contributed by atoms with Gasteiger partial charge < -0.3 is 13.9 Å². The highest BCUT2D eigenvalue weighted by molar-refractivity contribution is 5.96. The van der Waals surface area contributed by atoms with Crippen molar-refractivity contribution in [2.75, 3.05) is 13.7 Å². The SMILES string of the molecule is CCOc1ccc(C(=O)NNC(=O)Cc2coc3cc(C)ccc23)cc1OC. The molecule has 0 unspecified atom stereocenters. The first kappa shape index (κ1) is 19.3. The summed E-state index contributed by atoms with van der Waals surface area (Å²) in [5.74, 6) is 0.186. The van der Waals surface area contributed by atoms with Crippen molar-refractivity contribution in [3.8, 4) is 11.5 Å². The summed E-state index contributed by atoms with van der Waals surface area (Å²) in [5.41, 5.74) is 7.73. The molecule has 0 radical (unpaired) electrons. The standard InChI is InChI=1S/C21H22N2O5/c1-4-27-17-8-6-14(10-19(17)26-3)21(25)23-22-20(24)11-15-12-28-18-9-13(2)5-7-16(15)18/h5-10,12H,4,11H2,1-3H3,(H,22,24)(H,23,25). The van der Waals surface area contributed by atoms with Gasteiger partial charge in [-0.05, 0) is 43.7 Å². The van der Waals surface area contributed by atoms with E-state index in [2.05, 4.69) is 10.9 Å². The van der Waals surface area contributed by atoms with Crippen molar-refractivity contribution >= 4 is 22.8 Å². The van der Waals surface area contributed by atoms with Crippen LogP contribution in [0.2, 0.25) is 0 Å². The Balaban J connectivity index is 1.61. The number of amides is 2. The fourth-order valence-electron chi connectivity index (χ4n) is 2.83. The molecule has 0 saturated carbocycles. The second kappa shape index (κ2) is 8.47. The van der Waals surface area contributed by atoms with Gasteiger partial charge in [-0.3, -0.25) is 20.4 Å². The minimum atomic E-state index is -0.456. The van der Waals surface area contributed by atoms with E-state index in [1.807, 2.05) is 32.0 Å². The van der Waals surface area contributed by atoms with Gasteiger partial charge in [0.1, 0.15) is 5.58 Å². The van der Waals surface area contributed by atoms with Crippen LogP contribution in [0.1, 0.15) is 28.4 Å². The zero-order valence-corrected chi connectivity index (χ0v) is 16.0. The number of hydrogen-bond donors (Lipinski definition) is 2. The van der Waals surface area contributed by atoms with E-state index in [9.17, 15) is 9.59 Å². The third kappa shape index (κ3) is 4.25. The lowest BCUT2D eigenvalue weighted by atomic mass is 10.1. The zero-order valence-electron chi connectivity index (χ0n) is 16.0. The molecule has 7 nitrogen and oxygen atoms in total. The molecule has 0 spiro atoms. The molecule has 0 bridgehead atoms. The smallest absolute Gasteiger partial charge is 0.269 e. The first-order valence-electron chi connectivity index (χ1n) is 8.88. The minimum Gasteiger partial charge on any atom is -0.493 e. The first-order chi connectivity index (χ1) is 13.5. The molecule has 2 aromatic carbocycles. The molecule has 28 heavy (non-hydrogen) atoms. The molecule has 7 heteroatoms. The highest BCUT2D eigenvalue weighted by Gasteiger charge is 2.14. The first-order valence-corrected chi connectivity index (χ1v) is 8.88. The van der Waals surface area contributed by atoms with E-state index in [0.717, 1.165) is 22.1 Å². The van der Waals surface area contributed by atoms with Crippen molar-refractivity contribution in [2.45, 2.75) is 20.3 Å². The van der Waals surface area contributed by atoms with Gasteiger partial charge in [0.05, 0.1) is 26.4 Å². The Morgan fingerprint density at radius 3 is 2.64 bits per heavy atom. The second-order valence-electron chi connectivity index (χ2n) is 6.24. The van der Waals surface area contributed by atoms with Crippen LogP contribution < -0.4 is 20.3 Å². The normalized spacial score (nSPS) is 10.5. The molecule has 3 rings (SSSR count). The fourth-order valence-corrected chi connectivity index (χ4v) is 2.83. The van der Waals surface area contributed by atoms with Crippen LogP contribution in [-0.2, 0) is 11.2 Å². The van der Waals surface area contributed by atoms with Crippen molar-refractivity contribution in [1.29, 1.82) is 0 Å². The number of rotatable bonds is 6. The Hall–Kier alpha value is -3.48. The molecular weight excluding hydrogens is 360 g/mol. The number of methoxy groups -OCH3 is 1. The van der Waals surface area contributed by atoms with Crippen LogP contribution in [0.15, 0.2) is 47.1 Å². The third-order valence-corrected chi connectivity index (χ3v) is 4.20. The van der Waals surface area contributed by atoms with Crippen LogP contribution in [0, 0.1) is 6.92 Å². The van der Waals surface area contributed by atoms with Crippen LogP contribution >= 0.6 is 0 Å². The highest BCUT2D eigenvalue weighted by atomic mass is 16.5. The van der Waals surface area contributed by atoms with Crippen molar-refractivity contribution < 1.29 is 23.5 Å². The predicted molar refractivity (Wildman–Crippen MR) is 104 cm³/mol. The van der Waals surface area contributed by atoms with E-state index in [0.29, 0.717) is 23.7 Å². The van der Waals surface area contributed by atoms with E-state index < -0.39 is 5.91 Å². The van der Waals surface area contributed by atoms with Crippen LogP contribution in [-0.4, -0.2) is 25.5 Å². The molecule has 0 aliphatic heterocycles. The van der Waals surface area contributed by atoms with Crippen molar-refractivity contribution in [2.24, 2.45) is 0 Å². The van der Waals surface area contributed by atoms with Gasteiger partial charge in [0.25, 0.3) is 5.91 Å². The number of hydrogen-bond acceptors (Lipinski definition) is 5. The molecule has 0 fully saturated rings. The number of carbonyl (C=O) groups excluding carboxylic acids is 2. The van der Waals surface area contributed by atoms with E-state index in [4.69, 9.17) is 13.9 Å². The molecule has 146 valence electrons. The molecule has 2 amide bonds. The summed E-state index contributed by atoms with van der Waals surface area (Å²) in [5, 5.41) is 0.878. The van der Waals surface area contributed by atoms with E-state index in [1.54, 1.807) is 24.5 Å². The van der Waals surface area contributed by atoms with Crippen molar-refractivity contribution in [1.82, 2.24) is 10.9 Å². The van der Waals surface area contributed by atoms with E-state index >= 15 is 0 Å². The van der Waals surface area contributed by atoms with Crippen LogP contribution in [0.25, 0.3) is 11.0 Å². The summed E-state index contributed by atoms with van der Waals surface area (Å²) < 4.78 is 16.1. The second-order valence-corrected chi connectivity index (χ2v) is 6.24. The topological polar surface area (TPSA) is 89.8 Å². The van der Waals surface area contributed by atoms with Crippen LogP contribution in [0.5, 0.6) is 11.5 Å². The molecule has 0 saturated heterocycles. The number of ether oxygens (including phenoxy) is 2. The predicted octanol–water partition coefficient (Wildman–Crippen LogP) is 3.15. The molecule has 3 aromatic rings. The Morgan fingerprint density at radius 1 is 1.07 bits per heavy atom. The van der Waals surface area contributed by atoms with E-state index in [1.165, 1.54) is 7.11 Å². The summed E-state index contributed by atoms with van der Waals surface area (Å²) >= 11 is 0. The maximum Gasteiger partial charge on any atom is 0.269 e. The number of hydrazine groups is 1. The number of aryl methyl sites for hydroxylation is 1. The van der Waals surface area contributed by atoms with Gasteiger partial charge in [0.15, 0.2) is 11.5 Å². The lowest BCUT2D eigenvalue weighted by molar-refractivity contribution is -0.121. The monoisotopic (exact) mass is 382 g/mol. The van der Waals surface area contributed by atoms with Crippen LogP contribution in [0.4, 0.5) is 0 Å². The van der Waals surface area contributed by atoms with Gasteiger partial charge in [-0.25, -0.2) is 0 Å². The molecule has 0 aliphatic rings. The maximum atomic E-state index is 12.3.